The van der Waals surface area contributed by atoms with Gasteiger partial charge in [-0.05, 0) is 48.5 Å². The van der Waals surface area contributed by atoms with Crippen molar-refractivity contribution in [2.75, 3.05) is 11.1 Å². The van der Waals surface area contributed by atoms with Crippen molar-refractivity contribution in [3.63, 3.8) is 0 Å². The lowest BCUT2D eigenvalue weighted by Gasteiger charge is -2.08. The molecule has 8 heteroatoms. The third-order valence-electron chi connectivity index (χ3n) is 3.61. The fraction of sp³-hybridized carbons (Fsp3) is 0.0526. The third-order valence-corrected chi connectivity index (χ3v) is 4.53. The highest BCUT2D eigenvalue weighted by molar-refractivity contribution is 7.99. The van der Waals surface area contributed by atoms with Gasteiger partial charge in [-0.2, -0.15) is 9.61 Å². The van der Waals surface area contributed by atoms with Gasteiger partial charge in [0, 0.05) is 5.69 Å². The number of nitrogens with one attached hydrogen (secondary N) is 1. The van der Waals surface area contributed by atoms with Crippen molar-refractivity contribution >= 4 is 29.0 Å². The molecule has 0 aliphatic carbocycles. The lowest BCUT2D eigenvalue weighted by Crippen LogP contribution is -2.14. The molecule has 0 fully saturated rings. The highest BCUT2D eigenvalue weighted by atomic mass is 32.2. The van der Waals surface area contributed by atoms with E-state index in [1.165, 1.54) is 18.1 Å². The molecule has 0 aliphatic rings. The number of aromatic nitrogens is 4. The van der Waals surface area contributed by atoms with Gasteiger partial charge in [0.15, 0.2) is 5.65 Å². The number of carbonyl (C=O) groups is 1. The van der Waals surface area contributed by atoms with E-state index in [0.29, 0.717) is 17.1 Å². The fourth-order valence-corrected chi connectivity index (χ4v) is 3.02. The van der Waals surface area contributed by atoms with E-state index in [-0.39, 0.29) is 11.7 Å². The van der Waals surface area contributed by atoms with Crippen LogP contribution in [0.1, 0.15) is 0 Å². The largest absolute Gasteiger partial charge is 0.457 e. The molecule has 27 heavy (non-hydrogen) atoms. The summed E-state index contributed by atoms with van der Waals surface area (Å²) in [6.45, 7) is 0. The van der Waals surface area contributed by atoms with Gasteiger partial charge >= 0.3 is 0 Å². The molecule has 1 amide bonds. The number of hydrogen-bond acceptors (Lipinski definition) is 6. The first-order valence-electron chi connectivity index (χ1n) is 8.19. The van der Waals surface area contributed by atoms with Crippen LogP contribution in [0.3, 0.4) is 0 Å². The number of ether oxygens (including phenoxy) is 1. The van der Waals surface area contributed by atoms with Gasteiger partial charge < -0.3 is 10.1 Å². The zero-order valence-corrected chi connectivity index (χ0v) is 15.0. The SMILES string of the molecule is O=C(CSc1ccc2nncn2n1)Nc1ccc(Oc2ccccc2)cc1. The first-order valence-corrected chi connectivity index (χ1v) is 9.17. The van der Waals surface area contributed by atoms with E-state index >= 15 is 0 Å². The molecule has 4 aromatic rings. The Bertz CT molecular complexity index is 1050. The molecule has 0 spiro atoms. The monoisotopic (exact) mass is 377 g/mol. The standard InChI is InChI=1S/C19H15N5O2S/c25-18(12-27-19-11-10-17-22-20-13-24(17)23-19)21-14-6-8-16(9-7-14)26-15-4-2-1-3-5-15/h1-11,13H,12H2,(H,21,25). The average Bonchev–Trinajstić information content (AvgIpc) is 3.17. The number of hydrogen-bond donors (Lipinski definition) is 1. The minimum atomic E-state index is -0.109. The molecule has 0 radical (unpaired) electrons. The van der Waals surface area contributed by atoms with E-state index in [1.54, 1.807) is 4.52 Å². The Morgan fingerprint density at radius 3 is 2.59 bits per heavy atom. The lowest BCUT2D eigenvalue weighted by molar-refractivity contribution is -0.113. The molecule has 2 aromatic heterocycles. The molecule has 1 N–H and O–H groups in total. The van der Waals surface area contributed by atoms with E-state index in [9.17, 15) is 4.79 Å². The second-order valence-corrected chi connectivity index (χ2v) is 6.58. The van der Waals surface area contributed by atoms with Gasteiger partial charge in [-0.1, -0.05) is 30.0 Å². The maximum absolute atomic E-state index is 12.2. The van der Waals surface area contributed by atoms with Gasteiger partial charge in [-0.25, -0.2) is 0 Å². The van der Waals surface area contributed by atoms with E-state index < -0.39 is 0 Å². The number of para-hydroxylation sites is 1. The first-order chi connectivity index (χ1) is 13.3. The molecule has 2 heterocycles. The first kappa shape index (κ1) is 17.0. The second-order valence-electron chi connectivity index (χ2n) is 5.58. The summed E-state index contributed by atoms with van der Waals surface area (Å²) in [6.07, 6.45) is 1.53. The summed E-state index contributed by atoms with van der Waals surface area (Å²) in [6, 6.07) is 20.4. The Morgan fingerprint density at radius 2 is 1.78 bits per heavy atom. The third kappa shape index (κ3) is 4.42. The summed E-state index contributed by atoms with van der Waals surface area (Å²) in [5.41, 5.74) is 1.38. The van der Waals surface area contributed by atoms with Gasteiger partial charge in [0.1, 0.15) is 22.9 Å². The molecular formula is C19H15N5O2S. The Kier molecular flexibility index (Phi) is 4.97. The van der Waals surface area contributed by atoms with Crippen molar-refractivity contribution in [3.05, 3.63) is 73.1 Å². The summed E-state index contributed by atoms with van der Waals surface area (Å²) in [5, 5.41) is 15.6. The Morgan fingerprint density at radius 1 is 1.00 bits per heavy atom. The molecule has 2 aromatic carbocycles. The molecular weight excluding hydrogens is 362 g/mol. The molecule has 7 nitrogen and oxygen atoms in total. The Labute approximate surface area is 159 Å². The van der Waals surface area contributed by atoms with Crippen molar-refractivity contribution in [2.24, 2.45) is 0 Å². The van der Waals surface area contributed by atoms with Gasteiger partial charge in [0.25, 0.3) is 0 Å². The van der Waals surface area contributed by atoms with Crippen LogP contribution in [-0.2, 0) is 4.79 Å². The van der Waals surface area contributed by atoms with E-state index in [2.05, 4.69) is 20.6 Å². The summed E-state index contributed by atoms with van der Waals surface area (Å²) >= 11 is 1.35. The van der Waals surface area contributed by atoms with Crippen molar-refractivity contribution in [1.82, 2.24) is 19.8 Å². The van der Waals surface area contributed by atoms with Crippen molar-refractivity contribution < 1.29 is 9.53 Å². The molecule has 0 saturated carbocycles. The number of thioether (sulfide) groups is 1. The Hall–Kier alpha value is -3.39. The zero-order valence-electron chi connectivity index (χ0n) is 14.1. The van der Waals surface area contributed by atoms with Crippen molar-refractivity contribution in [1.29, 1.82) is 0 Å². The van der Waals surface area contributed by atoms with Crippen LogP contribution in [0.4, 0.5) is 5.69 Å². The summed E-state index contributed by atoms with van der Waals surface area (Å²) in [4.78, 5) is 12.2. The van der Waals surface area contributed by atoms with E-state index in [1.807, 2.05) is 66.7 Å². The normalized spacial score (nSPS) is 10.7. The maximum atomic E-state index is 12.2. The molecule has 0 unspecified atom stereocenters. The van der Waals surface area contributed by atoms with Crippen LogP contribution in [-0.4, -0.2) is 31.5 Å². The van der Waals surface area contributed by atoms with Crippen LogP contribution in [0.25, 0.3) is 5.65 Å². The number of carbonyl (C=O) groups excluding carboxylic acids is 1. The molecule has 0 saturated heterocycles. The van der Waals surface area contributed by atoms with Gasteiger partial charge in [0.2, 0.25) is 5.91 Å². The maximum Gasteiger partial charge on any atom is 0.234 e. The average molecular weight is 377 g/mol. The lowest BCUT2D eigenvalue weighted by atomic mass is 10.3. The van der Waals surface area contributed by atoms with Gasteiger partial charge in [-0.3, -0.25) is 4.79 Å². The fourth-order valence-electron chi connectivity index (χ4n) is 2.36. The number of rotatable bonds is 6. The van der Waals surface area contributed by atoms with Gasteiger partial charge in [-0.15, -0.1) is 10.2 Å². The van der Waals surface area contributed by atoms with E-state index in [0.717, 1.165) is 10.8 Å². The molecule has 0 bridgehead atoms. The highest BCUT2D eigenvalue weighted by Gasteiger charge is 2.06. The van der Waals surface area contributed by atoms with Crippen LogP contribution in [0.5, 0.6) is 11.5 Å². The Balaban J connectivity index is 1.31. The molecule has 134 valence electrons. The minimum Gasteiger partial charge on any atom is -0.457 e. The summed E-state index contributed by atoms with van der Waals surface area (Å²) < 4.78 is 7.31. The predicted molar refractivity (Wildman–Crippen MR) is 103 cm³/mol. The predicted octanol–water partition coefficient (Wildman–Crippen LogP) is 3.65. The molecule has 4 rings (SSSR count). The smallest absolute Gasteiger partial charge is 0.234 e. The summed E-state index contributed by atoms with van der Waals surface area (Å²) in [7, 11) is 0. The van der Waals surface area contributed by atoms with Crippen LogP contribution in [0.2, 0.25) is 0 Å². The number of benzene rings is 2. The molecule has 0 atom stereocenters. The minimum absolute atomic E-state index is 0.109. The number of fused-ring (bicyclic) bond motifs is 1. The van der Waals surface area contributed by atoms with Crippen molar-refractivity contribution in [3.8, 4) is 11.5 Å². The van der Waals surface area contributed by atoms with E-state index in [4.69, 9.17) is 4.74 Å². The molecule has 0 aliphatic heterocycles. The van der Waals surface area contributed by atoms with Crippen LogP contribution in [0, 0.1) is 0 Å². The van der Waals surface area contributed by atoms with Crippen molar-refractivity contribution in [2.45, 2.75) is 5.03 Å². The topological polar surface area (TPSA) is 81.4 Å². The quantitative estimate of drug-likeness (QED) is 0.517. The number of nitrogens with zero attached hydrogens (tertiary/aromatic N) is 4. The zero-order chi connectivity index (χ0) is 18.5. The van der Waals surface area contributed by atoms with Gasteiger partial charge in [0.05, 0.1) is 5.75 Å². The highest BCUT2D eigenvalue weighted by Crippen LogP contribution is 2.23. The number of amides is 1. The van der Waals surface area contributed by atoms with Crippen LogP contribution in [0.15, 0.2) is 78.1 Å². The summed E-state index contributed by atoms with van der Waals surface area (Å²) in [5.74, 6) is 1.62. The number of anilines is 1. The van der Waals surface area contributed by atoms with Crippen LogP contribution < -0.4 is 10.1 Å². The second kappa shape index (κ2) is 7.88. The van der Waals surface area contributed by atoms with Crippen LogP contribution >= 0.6 is 11.8 Å².